The number of cyclic esters (lactones) is 1. The molecule has 1 saturated heterocycles. The highest BCUT2D eigenvalue weighted by atomic mass is 16.7. The topological polar surface area (TPSA) is 91.4 Å². The summed E-state index contributed by atoms with van der Waals surface area (Å²) < 4.78 is 20.8. The van der Waals surface area contributed by atoms with E-state index in [0.29, 0.717) is 0 Å². The van der Waals surface area contributed by atoms with Gasteiger partial charge in [0.2, 0.25) is 5.78 Å². The quantitative estimate of drug-likeness (QED) is 0.273. The smallest absolute Gasteiger partial charge is 0.412 e. The molecule has 2 aliphatic rings. The van der Waals surface area contributed by atoms with E-state index in [1.54, 1.807) is 0 Å². The van der Waals surface area contributed by atoms with E-state index >= 15 is 0 Å². The third-order valence-electron chi connectivity index (χ3n) is 6.67. The molecule has 2 atom stereocenters. The van der Waals surface area contributed by atoms with E-state index in [1.807, 2.05) is 78.9 Å². The fraction of sp³-hybridized carbons (Fsp3) is 0.250. The molecule has 3 aromatic rings. The second-order valence-corrected chi connectivity index (χ2v) is 8.53. The van der Waals surface area contributed by atoms with Gasteiger partial charge in [-0.2, -0.15) is 0 Å². The van der Waals surface area contributed by atoms with Gasteiger partial charge >= 0.3 is 12.1 Å². The molecule has 0 radical (unpaired) electrons. The Morgan fingerprint density at radius 1 is 0.889 bits per heavy atom. The Morgan fingerprint density at radius 3 is 2.06 bits per heavy atom. The lowest BCUT2D eigenvalue weighted by Crippen LogP contribution is -2.56. The van der Waals surface area contributed by atoms with Gasteiger partial charge in [-0.05, 0) is 27.8 Å². The van der Waals surface area contributed by atoms with Crippen molar-refractivity contribution < 1.29 is 33.3 Å². The molecule has 0 N–H and O–H groups in total. The van der Waals surface area contributed by atoms with Crippen LogP contribution in [0.4, 0.5) is 4.79 Å². The molecule has 0 spiro atoms. The average molecular weight is 488 g/mol. The lowest BCUT2D eigenvalue weighted by Gasteiger charge is -2.42. The summed E-state index contributed by atoms with van der Waals surface area (Å²) in [6.45, 7) is -0.508. The Labute approximate surface area is 208 Å². The number of benzene rings is 3. The molecule has 0 saturated carbocycles. The van der Waals surface area contributed by atoms with Gasteiger partial charge in [0.1, 0.15) is 18.9 Å². The van der Waals surface area contributed by atoms with E-state index in [-0.39, 0.29) is 6.79 Å². The molecule has 0 bridgehead atoms. The minimum absolute atomic E-state index is 0.117. The van der Waals surface area contributed by atoms with Gasteiger partial charge in [0, 0.05) is 7.11 Å². The van der Waals surface area contributed by atoms with Gasteiger partial charge in [-0.15, -0.1) is 0 Å². The number of esters is 1. The minimum Gasteiger partial charge on any atom is -0.467 e. The predicted molar refractivity (Wildman–Crippen MR) is 129 cm³/mol. The number of ether oxygens (including phenoxy) is 4. The van der Waals surface area contributed by atoms with Crippen LogP contribution in [0.1, 0.15) is 16.7 Å². The maximum Gasteiger partial charge on any atom is 0.412 e. The second kappa shape index (κ2) is 9.56. The molecule has 3 aromatic carbocycles. The highest BCUT2D eigenvalue weighted by molar-refractivity contribution is 5.99. The minimum atomic E-state index is -1.41. The summed E-state index contributed by atoms with van der Waals surface area (Å²) in [5.41, 5.74) is 2.95. The van der Waals surface area contributed by atoms with Crippen LogP contribution >= 0.6 is 0 Å². The molecule has 1 heterocycles. The maximum absolute atomic E-state index is 13.7. The number of hydrogen-bond donors (Lipinski definition) is 0. The van der Waals surface area contributed by atoms with E-state index in [9.17, 15) is 14.4 Å². The number of hydrogen-bond acceptors (Lipinski definition) is 7. The van der Waals surface area contributed by atoms with Gasteiger partial charge in [-0.3, -0.25) is 9.69 Å². The van der Waals surface area contributed by atoms with E-state index in [4.69, 9.17) is 18.9 Å². The van der Waals surface area contributed by atoms with E-state index in [2.05, 4.69) is 0 Å². The van der Waals surface area contributed by atoms with Crippen LogP contribution in [0.3, 0.4) is 0 Å². The summed E-state index contributed by atoms with van der Waals surface area (Å²) in [4.78, 5) is 41.4. The van der Waals surface area contributed by atoms with Crippen LogP contribution < -0.4 is 0 Å². The van der Waals surface area contributed by atoms with Crippen molar-refractivity contribution in [1.29, 1.82) is 0 Å². The van der Waals surface area contributed by atoms with Crippen molar-refractivity contribution in [1.82, 2.24) is 4.90 Å². The Bertz CT molecular complexity index is 1260. The van der Waals surface area contributed by atoms with Crippen molar-refractivity contribution in [3.63, 3.8) is 0 Å². The number of ketones is 1. The maximum atomic E-state index is 13.7. The molecule has 1 fully saturated rings. The van der Waals surface area contributed by atoms with Crippen LogP contribution in [-0.4, -0.2) is 62.5 Å². The third kappa shape index (κ3) is 3.49. The lowest BCUT2D eigenvalue weighted by molar-refractivity contribution is -0.152. The van der Waals surface area contributed by atoms with Gasteiger partial charge < -0.3 is 18.9 Å². The fourth-order valence-electron chi connectivity index (χ4n) is 5.32. The van der Waals surface area contributed by atoms with E-state index in [1.165, 1.54) is 19.1 Å². The number of amides is 1. The summed E-state index contributed by atoms with van der Waals surface area (Å²) in [5, 5.41) is 0. The number of carbonyl (C=O) groups excluding carboxylic acids is 3. The third-order valence-corrected chi connectivity index (χ3v) is 6.67. The van der Waals surface area contributed by atoms with Crippen molar-refractivity contribution in [3.8, 4) is 11.1 Å². The van der Waals surface area contributed by atoms with Crippen molar-refractivity contribution in [2.75, 3.05) is 27.6 Å². The molecular weight excluding hydrogens is 462 g/mol. The summed E-state index contributed by atoms with van der Waals surface area (Å²) in [6.07, 6.45) is -2.21. The second-order valence-electron chi connectivity index (χ2n) is 8.53. The zero-order valence-corrected chi connectivity index (χ0v) is 19.9. The first kappa shape index (κ1) is 23.7. The van der Waals surface area contributed by atoms with Gasteiger partial charge in [0.15, 0.2) is 12.1 Å². The van der Waals surface area contributed by atoms with Gasteiger partial charge in [-0.1, -0.05) is 78.9 Å². The first-order valence-electron chi connectivity index (χ1n) is 11.5. The molecule has 184 valence electrons. The Kier molecular flexibility index (Phi) is 6.30. The highest BCUT2D eigenvalue weighted by Crippen LogP contribution is 2.56. The Morgan fingerprint density at radius 2 is 1.47 bits per heavy atom. The number of rotatable bonds is 8. The summed E-state index contributed by atoms with van der Waals surface area (Å²) in [6, 6.07) is 23.5. The molecule has 0 unspecified atom stereocenters. The molecule has 1 aliphatic heterocycles. The van der Waals surface area contributed by atoms with Crippen LogP contribution in [0.15, 0.2) is 78.9 Å². The standard InChI is InChI=1S/C28H25NO7/c1-33-17-35-16-23(30)25-24(26(31)34-2)29(27(32)36-25)28(18-10-4-3-5-11-18)21-14-8-6-12-19(21)20-13-7-9-15-22(20)28/h3-15,24-25H,16-17H2,1-2H3/t24-,25+/m0/s1. The van der Waals surface area contributed by atoms with Crippen molar-refractivity contribution in [2.24, 2.45) is 0 Å². The monoisotopic (exact) mass is 487 g/mol. The van der Waals surface area contributed by atoms with Crippen molar-refractivity contribution in [3.05, 3.63) is 95.6 Å². The van der Waals surface area contributed by atoms with E-state index in [0.717, 1.165) is 27.8 Å². The van der Waals surface area contributed by atoms with Crippen molar-refractivity contribution >= 4 is 17.8 Å². The lowest BCUT2D eigenvalue weighted by atomic mass is 9.78. The van der Waals surface area contributed by atoms with Crippen molar-refractivity contribution in [2.45, 2.75) is 17.7 Å². The van der Waals surface area contributed by atoms with Gasteiger partial charge in [-0.25, -0.2) is 9.59 Å². The molecule has 1 aliphatic carbocycles. The Hall–Kier alpha value is -4.01. The van der Waals surface area contributed by atoms with Crippen LogP contribution in [0, 0.1) is 0 Å². The van der Waals surface area contributed by atoms with E-state index < -0.39 is 42.1 Å². The summed E-state index contributed by atoms with van der Waals surface area (Å²) in [5.74, 6) is -1.33. The molecular formula is C28H25NO7. The predicted octanol–water partition coefficient (Wildman–Crippen LogP) is 3.51. The number of fused-ring (bicyclic) bond motifs is 3. The SMILES string of the molecule is COCOCC(=O)[C@H]1OC(=O)N(C2(c3ccccc3)c3ccccc3-c3ccccc32)[C@@H]1C(=O)OC. The fourth-order valence-corrected chi connectivity index (χ4v) is 5.32. The number of carbonyl (C=O) groups is 3. The largest absolute Gasteiger partial charge is 0.467 e. The summed E-state index contributed by atoms with van der Waals surface area (Å²) >= 11 is 0. The number of Topliss-reactive ketones (excluding diaryl/α,β-unsaturated/α-hetero) is 1. The molecule has 5 rings (SSSR count). The molecule has 8 nitrogen and oxygen atoms in total. The zero-order chi connectivity index (χ0) is 25.3. The summed E-state index contributed by atoms with van der Waals surface area (Å²) in [7, 11) is 2.65. The Balaban J connectivity index is 1.76. The number of methoxy groups -OCH3 is 2. The van der Waals surface area contributed by atoms with Gasteiger partial charge in [0.25, 0.3) is 0 Å². The first-order valence-corrected chi connectivity index (χ1v) is 11.5. The highest BCUT2D eigenvalue weighted by Gasteiger charge is 2.62. The zero-order valence-electron chi connectivity index (χ0n) is 19.9. The molecule has 36 heavy (non-hydrogen) atoms. The number of nitrogens with zero attached hydrogens (tertiary/aromatic N) is 1. The van der Waals surface area contributed by atoms with Gasteiger partial charge in [0.05, 0.1) is 7.11 Å². The molecule has 8 heteroatoms. The van der Waals surface area contributed by atoms with Crippen LogP contribution in [0.25, 0.3) is 11.1 Å². The normalized spacial score (nSPS) is 19.4. The van der Waals surface area contributed by atoms with Crippen LogP contribution in [-0.2, 0) is 34.1 Å². The first-order chi connectivity index (χ1) is 17.6. The molecule has 1 amide bonds. The van der Waals surface area contributed by atoms with Crippen LogP contribution in [0.5, 0.6) is 0 Å². The molecule has 0 aromatic heterocycles. The average Bonchev–Trinajstić information content (AvgIpc) is 3.42. The van der Waals surface area contributed by atoms with Crippen LogP contribution in [0.2, 0.25) is 0 Å².